The molecule has 1 saturated heterocycles. The Morgan fingerprint density at radius 3 is 2.54 bits per heavy atom. The fourth-order valence-corrected chi connectivity index (χ4v) is 5.42. The number of carbonyl (C=O) groups is 3. The number of rotatable bonds is 10. The van der Waals surface area contributed by atoms with Gasteiger partial charge in [-0.2, -0.15) is 0 Å². The minimum atomic E-state index is -0.545. The molecule has 1 N–H and O–H groups in total. The Morgan fingerprint density at radius 1 is 1.08 bits per heavy atom. The van der Waals surface area contributed by atoms with Crippen LogP contribution in [-0.2, 0) is 16.2 Å². The van der Waals surface area contributed by atoms with Crippen LogP contribution >= 0.6 is 46.0 Å². The fraction of sp³-hybridized carbons (Fsp3) is 0.179. The Morgan fingerprint density at radius 2 is 1.82 bits per heavy atom. The zero-order chi connectivity index (χ0) is 27.9. The van der Waals surface area contributed by atoms with Gasteiger partial charge in [0.15, 0.2) is 11.5 Å². The van der Waals surface area contributed by atoms with Crippen LogP contribution < -0.4 is 19.5 Å². The number of nitrogens with one attached hydrogen (secondary N) is 1. The zero-order valence-corrected chi connectivity index (χ0v) is 24.8. The first kappa shape index (κ1) is 28.8. The molecule has 0 aromatic heterocycles. The van der Waals surface area contributed by atoms with E-state index in [0.29, 0.717) is 46.7 Å². The summed E-state index contributed by atoms with van der Waals surface area (Å²) >= 11 is 8.89. The first-order chi connectivity index (χ1) is 18.8. The number of halogens is 2. The third kappa shape index (κ3) is 7.25. The van der Waals surface area contributed by atoms with Gasteiger partial charge in [0.2, 0.25) is 5.91 Å². The van der Waals surface area contributed by atoms with Crippen molar-refractivity contribution in [3.8, 4) is 17.2 Å². The molecular weight excluding hydrogens is 655 g/mol. The number of thioether (sulfide) groups is 1. The monoisotopic (exact) mass is 678 g/mol. The molecule has 0 bridgehead atoms. The minimum absolute atomic E-state index is 0.207. The van der Waals surface area contributed by atoms with E-state index in [0.717, 1.165) is 25.8 Å². The Labute approximate surface area is 248 Å². The van der Waals surface area contributed by atoms with E-state index in [-0.39, 0.29) is 4.91 Å². The van der Waals surface area contributed by atoms with E-state index < -0.39 is 23.6 Å². The van der Waals surface area contributed by atoms with E-state index in [1.807, 2.05) is 25.1 Å². The predicted molar refractivity (Wildman–Crippen MR) is 160 cm³/mol. The van der Waals surface area contributed by atoms with Gasteiger partial charge in [-0.3, -0.25) is 19.3 Å². The SMILES string of the molecule is CCOc1cc(/C=C2/SC(=O)N(CC(=O)Nc3ccccc3OC)C2=O)cc(I)c1OCc1ccc(Cl)cc1. The lowest BCUT2D eigenvalue weighted by Gasteiger charge is -2.15. The van der Waals surface area contributed by atoms with Crippen LogP contribution in [0.1, 0.15) is 18.1 Å². The van der Waals surface area contributed by atoms with Gasteiger partial charge >= 0.3 is 0 Å². The summed E-state index contributed by atoms with van der Waals surface area (Å²) in [5.74, 6) is 0.500. The van der Waals surface area contributed by atoms with Crippen molar-refractivity contribution in [3.63, 3.8) is 0 Å². The molecule has 0 radical (unpaired) electrons. The molecule has 0 unspecified atom stereocenters. The maximum absolute atomic E-state index is 13.0. The summed E-state index contributed by atoms with van der Waals surface area (Å²) in [6, 6.07) is 17.8. The second kappa shape index (κ2) is 13.2. The summed E-state index contributed by atoms with van der Waals surface area (Å²) in [6.45, 7) is 2.18. The molecule has 4 rings (SSSR count). The van der Waals surface area contributed by atoms with E-state index >= 15 is 0 Å². The molecule has 3 aromatic carbocycles. The van der Waals surface area contributed by atoms with Crippen molar-refractivity contribution in [1.82, 2.24) is 4.90 Å². The van der Waals surface area contributed by atoms with Crippen molar-refractivity contribution in [2.45, 2.75) is 13.5 Å². The fourth-order valence-electron chi connectivity index (χ4n) is 3.68. The second-order valence-electron chi connectivity index (χ2n) is 8.19. The number of benzene rings is 3. The molecule has 3 amide bonds. The molecule has 0 spiro atoms. The molecule has 3 aromatic rings. The lowest BCUT2D eigenvalue weighted by atomic mass is 10.1. The number of anilines is 1. The molecule has 1 heterocycles. The quantitative estimate of drug-likeness (QED) is 0.191. The van der Waals surface area contributed by atoms with Crippen molar-refractivity contribution in [2.75, 3.05) is 25.6 Å². The van der Waals surface area contributed by atoms with Gasteiger partial charge in [0.25, 0.3) is 11.1 Å². The molecule has 8 nitrogen and oxygen atoms in total. The summed E-state index contributed by atoms with van der Waals surface area (Å²) < 4.78 is 17.9. The third-order valence-corrected chi connectivity index (χ3v) is 7.44. The number of amides is 3. The van der Waals surface area contributed by atoms with Gasteiger partial charge < -0.3 is 19.5 Å². The zero-order valence-electron chi connectivity index (χ0n) is 21.0. The van der Waals surface area contributed by atoms with E-state index in [4.69, 9.17) is 25.8 Å². The van der Waals surface area contributed by atoms with Crippen LogP contribution in [0.4, 0.5) is 10.5 Å². The molecule has 1 fully saturated rings. The molecule has 11 heteroatoms. The van der Waals surface area contributed by atoms with Gasteiger partial charge in [-0.15, -0.1) is 0 Å². The van der Waals surface area contributed by atoms with Gasteiger partial charge in [-0.05, 0) is 94.9 Å². The Kier molecular flexibility index (Phi) is 9.76. The van der Waals surface area contributed by atoms with Crippen LogP contribution in [0.2, 0.25) is 5.02 Å². The smallest absolute Gasteiger partial charge is 0.294 e. The number of nitrogens with zero attached hydrogens (tertiary/aromatic N) is 1. The number of imide groups is 1. The minimum Gasteiger partial charge on any atom is -0.495 e. The molecule has 0 aliphatic carbocycles. The van der Waals surface area contributed by atoms with Crippen LogP contribution in [0.25, 0.3) is 6.08 Å². The second-order valence-corrected chi connectivity index (χ2v) is 10.8. The van der Waals surface area contributed by atoms with Crippen LogP contribution in [0.15, 0.2) is 65.6 Å². The molecule has 0 atom stereocenters. The summed E-state index contributed by atoms with van der Waals surface area (Å²) in [5, 5.41) is 2.80. The standard InChI is InChI=1S/C28H24ClIN2O6S/c1-3-37-23-13-18(12-20(30)26(23)38-16-17-8-10-19(29)11-9-17)14-24-27(34)32(28(35)39-24)15-25(33)31-21-6-4-5-7-22(21)36-2/h4-14H,3,15-16H2,1-2H3,(H,31,33)/b24-14+. The Bertz CT molecular complexity index is 1430. The van der Waals surface area contributed by atoms with Gasteiger partial charge in [0.1, 0.15) is 18.9 Å². The predicted octanol–water partition coefficient (Wildman–Crippen LogP) is 6.61. The molecular formula is C28H24ClIN2O6S. The lowest BCUT2D eigenvalue weighted by molar-refractivity contribution is -0.127. The van der Waals surface area contributed by atoms with E-state index in [9.17, 15) is 14.4 Å². The van der Waals surface area contributed by atoms with Crippen molar-refractivity contribution in [1.29, 1.82) is 0 Å². The summed E-state index contributed by atoms with van der Waals surface area (Å²) in [7, 11) is 1.49. The Balaban J connectivity index is 1.49. The topological polar surface area (TPSA) is 94.2 Å². The Hall–Kier alpha value is -3.22. The van der Waals surface area contributed by atoms with Crippen LogP contribution in [0.5, 0.6) is 17.2 Å². The van der Waals surface area contributed by atoms with Crippen molar-refractivity contribution in [2.24, 2.45) is 0 Å². The van der Waals surface area contributed by atoms with Crippen molar-refractivity contribution >= 4 is 74.8 Å². The summed E-state index contributed by atoms with van der Waals surface area (Å²) in [4.78, 5) is 39.3. The maximum Gasteiger partial charge on any atom is 0.294 e. The highest BCUT2D eigenvalue weighted by molar-refractivity contribution is 14.1. The number of para-hydroxylation sites is 2. The largest absolute Gasteiger partial charge is 0.495 e. The van der Waals surface area contributed by atoms with Crippen molar-refractivity contribution in [3.05, 3.63) is 85.3 Å². The van der Waals surface area contributed by atoms with Crippen LogP contribution in [0.3, 0.4) is 0 Å². The number of ether oxygens (including phenoxy) is 3. The summed E-state index contributed by atoms with van der Waals surface area (Å²) in [5.41, 5.74) is 2.06. The van der Waals surface area contributed by atoms with Gasteiger partial charge in [0, 0.05) is 5.02 Å². The first-order valence-electron chi connectivity index (χ1n) is 11.8. The molecule has 1 aliphatic rings. The van der Waals surface area contributed by atoms with E-state index in [2.05, 4.69) is 27.9 Å². The van der Waals surface area contributed by atoms with E-state index in [1.54, 1.807) is 48.5 Å². The lowest BCUT2D eigenvalue weighted by Crippen LogP contribution is -2.36. The molecule has 202 valence electrons. The highest BCUT2D eigenvalue weighted by Gasteiger charge is 2.36. The molecule has 39 heavy (non-hydrogen) atoms. The number of hydrogen-bond acceptors (Lipinski definition) is 7. The molecule has 1 aliphatic heterocycles. The average Bonchev–Trinajstić information content (AvgIpc) is 3.16. The number of carbonyl (C=O) groups excluding carboxylic acids is 3. The molecule has 0 saturated carbocycles. The average molecular weight is 679 g/mol. The normalized spacial score (nSPS) is 14.1. The van der Waals surface area contributed by atoms with Gasteiger partial charge in [0.05, 0.1) is 27.9 Å². The van der Waals surface area contributed by atoms with Crippen molar-refractivity contribution < 1.29 is 28.6 Å². The van der Waals surface area contributed by atoms with Gasteiger partial charge in [-0.1, -0.05) is 35.9 Å². The van der Waals surface area contributed by atoms with E-state index in [1.165, 1.54) is 7.11 Å². The number of methoxy groups -OCH3 is 1. The van der Waals surface area contributed by atoms with Crippen LogP contribution in [0, 0.1) is 3.57 Å². The number of hydrogen-bond donors (Lipinski definition) is 1. The highest BCUT2D eigenvalue weighted by atomic mass is 127. The maximum atomic E-state index is 13.0. The van der Waals surface area contributed by atoms with Gasteiger partial charge in [-0.25, -0.2) is 0 Å². The highest BCUT2D eigenvalue weighted by Crippen LogP contribution is 2.38. The summed E-state index contributed by atoms with van der Waals surface area (Å²) in [6.07, 6.45) is 1.61. The van der Waals surface area contributed by atoms with Crippen LogP contribution in [-0.4, -0.2) is 42.2 Å². The third-order valence-electron chi connectivity index (χ3n) is 5.48. The first-order valence-corrected chi connectivity index (χ1v) is 14.1.